The van der Waals surface area contributed by atoms with Crippen LogP contribution >= 0.6 is 11.8 Å². The van der Waals surface area contributed by atoms with E-state index < -0.39 is 11.6 Å². The summed E-state index contributed by atoms with van der Waals surface area (Å²) in [6.45, 7) is 1.84. The quantitative estimate of drug-likeness (QED) is 0.753. The first-order chi connectivity index (χ1) is 11.9. The molecule has 0 heterocycles. The van der Waals surface area contributed by atoms with Crippen LogP contribution in [0, 0.1) is 11.6 Å². The summed E-state index contributed by atoms with van der Waals surface area (Å²) < 4.78 is 36.5. The second-order valence-corrected chi connectivity index (χ2v) is 6.31. The molecule has 1 amide bonds. The summed E-state index contributed by atoms with van der Waals surface area (Å²) in [5.41, 5.74) is 0.814. The second kappa shape index (κ2) is 8.71. The van der Waals surface area contributed by atoms with Gasteiger partial charge in [0, 0.05) is 16.5 Å². The van der Waals surface area contributed by atoms with Crippen molar-refractivity contribution in [2.45, 2.75) is 17.9 Å². The van der Waals surface area contributed by atoms with Gasteiger partial charge in [-0.1, -0.05) is 0 Å². The van der Waals surface area contributed by atoms with Crippen LogP contribution in [-0.2, 0) is 4.79 Å². The van der Waals surface area contributed by atoms with Crippen LogP contribution in [0.5, 0.6) is 11.5 Å². The van der Waals surface area contributed by atoms with Gasteiger partial charge in [0.1, 0.15) is 11.5 Å². The molecule has 0 radical (unpaired) electrons. The Bertz CT molecular complexity index is 755. The fraction of sp³-hybridized carbons (Fsp3) is 0.278. The zero-order valence-electron chi connectivity index (χ0n) is 14.1. The number of methoxy groups -OCH3 is 2. The summed E-state index contributed by atoms with van der Waals surface area (Å²) in [6, 6.07) is 8.63. The predicted octanol–water partition coefficient (Wildman–Crippen LogP) is 3.95. The molecule has 0 bridgehead atoms. The van der Waals surface area contributed by atoms with Crippen LogP contribution in [0.25, 0.3) is 0 Å². The third kappa shape index (κ3) is 5.09. The number of nitrogens with one attached hydrogen (secondary N) is 1. The molecule has 1 atom stereocenters. The minimum absolute atomic E-state index is 0.0912. The van der Waals surface area contributed by atoms with Crippen LogP contribution in [0.3, 0.4) is 0 Å². The molecule has 134 valence electrons. The molecule has 2 rings (SSSR count). The number of benzene rings is 2. The lowest BCUT2D eigenvalue weighted by Gasteiger charge is -2.18. The van der Waals surface area contributed by atoms with Gasteiger partial charge in [-0.25, -0.2) is 8.78 Å². The van der Waals surface area contributed by atoms with Crippen LogP contribution in [-0.4, -0.2) is 25.9 Å². The van der Waals surface area contributed by atoms with Gasteiger partial charge in [0.25, 0.3) is 0 Å². The smallest absolute Gasteiger partial charge is 0.230 e. The van der Waals surface area contributed by atoms with Crippen molar-refractivity contribution in [2.24, 2.45) is 0 Å². The summed E-state index contributed by atoms with van der Waals surface area (Å²) in [6.07, 6.45) is 0. The van der Waals surface area contributed by atoms with E-state index in [1.807, 2.05) is 13.0 Å². The lowest BCUT2D eigenvalue weighted by atomic mass is 10.1. The molecule has 0 spiro atoms. The van der Waals surface area contributed by atoms with Crippen molar-refractivity contribution in [2.75, 3.05) is 20.0 Å². The number of amides is 1. The number of halogens is 2. The summed E-state index contributed by atoms with van der Waals surface area (Å²) >= 11 is 1.13. The Labute approximate surface area is 149 Å². The predicted molar refractivity (Wildman–Crippen MR) is 93.2 cm³/mol. The summed E-state index contributed by atoms with van der Waals surface area (Å²) in [5.74, 6) is -0.697. The Balaban J connectivity index is 1.96. The van der Waals surface area contributed by atoms with Gasteiger partial charge in [-0.3, -0.25) is 4.79 Å². The van der Waals surface area contributed by atoms with Crippen LogP contribution < -0.4 is 14.8 Å². The third-order valence-electron chi connectivity index (χ3n) is 3.55. The molecule has 0 aromatic heterocycles. The van der Waals surface area contributed by atoms with E-state index in [-0.39, 0.29) is 17.7 Å². The van der Waals surface area contributed by atoms with Crippen molar-refractivity contribution >= 4 is 17.7 Å². The Morgan fingerprint density at radius 3 is 2.52 bits per heavy atom. The SMILES string of the molecule is COc1ccc(C(C)NC(=O)CSc2ccc(F)c(F)c2)c(OC)c1. The number of rotatable bonds is 7. The summed E-state index contributed by atoms with van der Waals surface area (Å²) in [5, 5.41) is 2.86. The Morgan fingerprint density at radius 1 is 1.12 bits per heavy atom. The van der Waals surface area contributed by atoms with Crippen molar-refractivity contribution in [1.82, 2.24) is 5.32 Å². The van der Waals surface area contributed by atoms with Gasteiger partial charge in [-0.2, -0.15) is 0 Å². The third-order valence-corrected chi connectivity index (χ3v) is 4.54. The first kappa shape index (κ1) is 19.1. The maximum Gasteiger partial charge on any atom is 0.230 e. The maximum atomic E-state index is 13.2. The zero-order chi connectivity index (χ0) is 18.4. The van der Waals surface area contributed by atoms with E-state index >= 15 is 0 Å². The largest absolute Gasteiger partial charge is 0.497 e. The molecule has 0 saturated heterocycles. The molecule has 2 aromatic rings. The molecule has 1 N–H and O–H groups in total. The van der Waals surface area contributed by atoms with Gasteiger partial charge in [-0.15, -0.1) is 11.8 Å². The van der Waals surface area contributed by atoms with Crippen molar-refractivity contribution in [1.29, 1.82) is 0 Å². The first-order valence-corrected chi connectivity index (χ1v) is 8.52. The van der Waals surface area contributed by atoms with Gasteiger partial charge >= 0.3 is 0 Å². The summed E-state index contributed by atoms with van der Waals surface area (Å²) in [4.78, 5) is 12.6. The van der Waals surface area contributed by atoms with E-state index in [0.29, 0.717) is 16.4 Å². The van der Waals surface area contributed by atoms with Gasteiger partial charge in [0.15, 0.2) is 11.6 Å². The molecular formula is C18H19F2NO3S. The van der Waals surface area contributed by atoms with E-state index in [2.05, 4.69) is 5.32 Å². The highest BCUT2D eigenvalue weighted by Crippen LogP contribution is 2.29. The van der Waals surface area contributed by atoms with Crippen molar-refractivity contribution < 1.29 is 23.0 Å². The normalized spacial score (nSPS) is 11.7. The fourth-order valence-corrected chi connectivity index (χ4v) is 2.98. The Kier molecular flexibility index (Phi) is 6.64. The minimum Gasteiger partial charge on any atom is -0.497 e. The van der Waals surface area contributed by atoms with Gasteiger partial charge in [-0.05, 0) is 37.3 Å². The van der Waals surface area contributed by atoms with E-state index in [0.717, 1.165) is 29.5 Å². The molecule has 0 saturated carbocycles. The fourth-order valence-electron chi connectivity index (χ4n) is 2.25. The van der Waals surface area contributed by atoms with Gasteiger partial charge in [0.05, 0.1) is 26.0 Å². The van der Waals surface area contributed by atoms with Crippen LogP contribution in [0.1, 0.15) is 18.5 Å². The average Bonchev–Trinajstić information content (AvgIpc) is 2.62. The molecule has 0 aliphatic heterocycles. The molecule has 2 aromatic carbocycles. The number of carbonyl (C=O) groups is 1. The average molecular weight is 367 g/mol. The molecule has 1 unspecified atom stereocenters. The molecule has 25 heavy (non-hydrogen) atoms. The van der Waals surface area contributed by atoms with Crippen LogP contribution in [0.4, 0.5) is 8.78 Å². The molecule has 4 nitrogen and oxygen atoms in total. The van der Waals surface area contributed by atoms with Crippen molar-refractivity contribution in [3.05, 3.63) is 53.6 Å². The Morgan fingerprint density at radius 2 is 1.88 bits per heavy atom. The zero-order valence-corrected chi connectivity index (χ0v) is 15.0. The summed E-state index contributed by atoms with van der Waals surface area (Å²) in [7, 11) is 3.11. The van der Waals surface area contributed by atoms with E-state index in [1.165, 1.54) is 6.07 Å². The van der Waals surface area contributed by atoms with Crippen molar-refractivity contribution in [3.63, 3.8) is 0 Å². The monoisotopic (exact) mass is 367 g/mol. The van der Waals surface area contributed by atoms with Crippen LogP contribution in [0.2, 0.25) is 0 Å². The molecular weight excluding hydrogens is 348 g/mol. The van der Waals surface area contributed by atoms with E-state index in [4.69, 9.17) is 9.47 Å². The topological polar surface area (TPSA) is 47.6 Å². The highest BCUT2D eigenvalue weighted by molar-refractivity contribution is 8.00. The van der Waals surface area contributed by atoms with E-state index in [1.54, 1.807) is 26.4 Å². The number of thioether (sulfide) groups is 1. The second-order valence-electron chi connectivity index (χ2n) is 5.26. The molecule has 0 aliphatic carbocycles. The molecule has 0 aliphatic rings. The van der Waals surface area contributed by atoms with Gasteiger partial charge in [0.2, 0.25) is 5.91 Å². The number of hydrogen-bond donors (Lipinski definition) is 1. The number of ether oxygens (including phenoxy) is 2. The van der Waals surface area contributed by atoms with Crippen molar-refractivity contribution in [3.8, 4) is 11.5 Å². The Hall–Kier alpha value is -2.28. The minimum atomic E-state index is -0.929. The van der Waals surface area contributed by atoms with E-state index in [9.17, 15) is 13.6 Å². The number of hydrogen-bond acceptors (Lipinski definition) is 4. The van der Waals surface area contributed by atoms with Crippen LogP contribution in [0.15, 0.2) is 41.3 Å². The molecule has 7 heteroatoms. The van der Waals surface area contributed by atoms with Gasteiger partial charge < -0.3 is 14.8 Å². The first-order valence-electron chi connectivity index (χ1n) is 7.53. The standard InChI is InChI=1S/C18H19F2NO3S/c1-11(14-6-4-12(23-2)8-17(14)24-3)21-18(22)10-25-13-5-7-15(19)16(20)9-13/h4-9,11H,10H2,1-3H3,(H,21,22). The lowest BCUT2D eigenvalue weighted by Crippen LogP contribution is -2.28. The maximum absolute atomic E-state index is 13.2. The number of carbonyl (C=O) groups excluding carboxylic acids is 1. The highest BCUT2D eigenvalue weighted by Gasteiger charge is 2.15. The molecule has 0 fully saturated rings. The highest BCUT2D eigenvalue weighted by atomic mass is 32.2. The lowest BCUT2D eigenvalue weighted by molar-refractivity contribution is -0.119.